The highest BCUT2D eigenvalue weighted by atomic mass is 32.2. The first-order valence-corrected chi connectivity index (χ1v) is 9.76. The zero-order valence-corrected chi connectivity index (χ0v) is 15.7. The van der Waals surface area contributed by atoms with Crippen LogP contribution in [0.1, 0.15) is 34.8 Å². The van der Waals surface area contributed by atoms with E-state index in [1.807, 2.05) is 6.92 Å². The van der Waals surface area contributed by atoms with Gasteiger partial charge in [0, 0.05) is 28.5 Å². The smallest absolute Gasteiger partial charge is 0.171 e. The van der Waals surface area contributed by atoms with Crippen molar-refractivity contribution in [2.75, 3.05) is 12.9 Å². The number of ether oxygens (including phenoxy) is 1. The largest absolute Gasteiger partial charge is 0.495 e. The van der Waals surface area contributed by atoms with Gasteiger partial charge in [0.05, 0.1) is 18.2 Å². The monoisotopic (exact) mass is 378 g/mol. The molecule has 1 atom stereocenters. The van der Waals surface area contributed by atoms with Gasteiger partial charge in [-0.25, -0.2) is 4.39 Å². The average Bonchev–Trinajstić information content (AvgIpc) is 3.05. The number of amidine groups is 1. The van der Waals surface area contributed by atoms with Gasteiger partial charge >= 0.3 is 0 Å². The standard InChI is InChI=1S/C18H19FN2O2S2/c1-18(5-6-25-17(20)21-18)13-7-11(3-4-14(13)19)8-15(22)12-9-24-10-16(12)23-2/h3-4,7,9-10H,5-6,8H2,1-2H3,(H2,20,21)/t18-/m0/s1. The van der Waals surface area contributed by atoms with Gasteiger partial charge < -0.3 is 10.5 Å². The number of carbonyl (C=O) groups is 1. The molecule has 0 bridgehead atoms. The van der Waals surface area contributed by atoms with Crippen LogP contribution < -0.4 is 10.5 Å². The molecule has 1 aliphatic rings. The lowest BCUT2D eigenvalue weighted by Crippen LogP contribution is -2.29. The summed E-state index contributed by atoms with van der Waals surface area (Å²) in [5, 5.41) is 4.04. The predicted octanol–water partition coefficient (Wildman–Crippen LogP) is 3.99. The summed E-state index contributed by atoms with van der Waals surface area (Å²) < 4.78 is 19.6. The van der Waals surface area contributed by atoms with E-state index in [0.29, 0.717) is 28.5 Å². The Balaban J connectivity index is 1.90. The fourth-order valence-electron chi connectivity index (χ4n) is 2.90. The number of thiophene rings is 1. The van der Waals surface area contributed by atoms with Crippen molar-refractivity contribution in [1.29, 1.82) is 0 Å². The Bertz CT molecular complexity index is 834. The van der Waals surface area contributed by atoms with Crippen LogP contribution in [-0.4, -0.2) is 23.8 Å². The molecule has 2 heterocycles. The molecule has 1 aromatic heterocycles. The van der Waals surface area contributed by atoms with Crippen molar-refractivity contribution < 1.29 is 13.9 Å². The molecule has 0 fully saturated rings. The van der Waals surface area contributed by atoms with Gasteiger partial charge in [0.1, 0.15) is 11.6 Å². The zero-order chi connectivity index (χ0) is 18.0. The quantitative estimate of drug-likeness (QED) is 0.799. The molecule has 25 heavy (non-hydrogen) atoms. The van der Waals surface area contributed by atoms with Crippen LogP contribution >= 0.6 is 23.1 Å². The molecule has 7 heteroatoms. The van der Waals surface area contributed by atoms with Crippen molar-refractivity contribution in [2.45, 2.75) is 25.3 Å². The fourth-order valence-corrected chi connectivity index (χ4v) is 4.68. The fraction of sp³-hybridized carbons (Fsp3) is 0.333. The van der Waals surface area contributed by atoms with Gasteiger partial charge in [-0.2, -0.15) is 0 Å². The van der Waals surface area contributed by atoms with Gasteiger partial charge in [0.2, 0.25) is 0 Å². The van der Waals surface area contributed by atoms with Gasteiger partial charge in [-0.05, 0) is 31.0 Å². The summed E-state index contributed by atoms with van der Waals surface area (Å²) in [5.41, 5.74) is 6.93. The van der Waals surface area contributed by atoms with E-state index >= 15 is 0 Å². The Morgan fingerprint density at radius 3 is 2.96 bits per heavy atom. The Labute approximate surface area is 154 Å². The molecule has 2 N–H and O–H groups in total. The maximum Gasteiger partial charge on any atom is 0.171 e. The minimum absolute atomic E-state index is 0.0528. The maximum atomic E-state index is 14.4. The second-order valence-corrected chi connectivity index (χ2v) is 7.95. The van der Waals surface area contributed by atoms with Crippen molar-refractivity contribution in [3.63, 3.8) is 0 Å². The molecule has 0 amide bonds. The zero-order valence-electron chi connectivity index (χ0n) is 14.0. The van der Waals surface area contributed by atoms with Crippen molar-refractivity contribution >= 4 is 34.0 Å². The summed E-state index contributed by atoms with van der Waals surface area (Å²) in [7, 11) is 1.54. The molecule has 1 aliphatic heterocycles. The number of ketones is 1. The lowest BCUT2D eigenvalue weighted by molar-refractivity contribution is 0.0990. The molecule has 2 aromatic rings. The van der Waals surface area contributed by atoms with Crippen LogP contribution in [0, 0.1) is 5.82 Å². The number of carbonyl (C=O) groups excluding carboxylic acids is 1. The Hall–Kier alpha value is -1.86. The number of methoxy groups -OCH3 is 1. The highest BCUT2D eigenvalue weighted by molar-refractivity contribution is 8.13. The van der Waals surface area contributed by atoms with Gasteiger partial charge in [-0.15, -0.1) is 11.3 Å². The van der Waals surface area contributed by atoms with Crippen LogP contribution in [0.25, 0.3) is 0 Å². The summed E-state index contributed by atoms with van der Waals surface area (Å²) in [6.45, 7) is 1.88. The second kappa shape index (κ2) is 7.17. The average molecular weight is 378 g/mol. The van der Waals surface area contributed by atoms with E-state index in [1.165, 1.54) is 29.2 Å². The van der Waals surface area contributed by atoms with Gasteiger partial charge in [-0.3, -0.25) is 9.79 Å². The minimum atomic E-state index is -0.696. The summed E-state index contributed by atoms with van der Waals surface area (Å²) in [4.78, 5) is 17.0. The first-order chi connectivity index (χ1) is 11.9. The van der Waals surface area contributed by atoms with E-state index in [0.717, 1.165) is 11.3 Å². The lowest BCUT2D eigenvalue weighted by Gasteiger charge is -2.30. The number of hydrogen-bond donors (Lipinski definition) is 1. The van der Waals surface area contributed by atoms with Gasteiger partial charge in [0.25, 0.3) is 0 Å². The molecule has 0 aliphatic carbocycles. The van der Waals surface area contributed by atoms with Crippen LogP contribution in [-0.2, 0) is 12.0 Å². The first kappa shape index (κ1) is 17.9. The van der Waals surface area contributed by atoms with E-state index in [2.05, 4.69) is 4.99 Å². The van der Waals surface area contributed by atoms with Crippen LogP contribution in [0.5, 0.6) is 5.75 Å². The molecule has 0 unspecified atom stereocenters. The Kier molecular flexibility index (Phi) is 5.15. The van der Waals surface area contributed by atoms with Crippen LogP contribution in [0.3, 0.4) is 0 Å². The molecule has 4 nitrogen and oxygen atoms in total. The third kappa shape index (κ3) is 3.72. The normalized spacial score (nSPS) is 20.2. The third-order valence-electron chi connectivity index (χ3n) is 4.32. The maximum absolute atomic E-state index is 14.4. The molecule has 1 aromatic carbocycles. The van der Waals surface area contributed by atoms with Crippen molar-refractivity contribution in [1.82, 2.24) is 0 Å². The highest BCUT2D eigenvalue weighted by Crippen LogP contribution is 2.37. The number of halogens is 1. The molecular weight excluding hydrogens is 359 g/mol. The highest BCUT2D eigenvalue weighted by Gasteiger charge is 2.32. The van der Waals surface area contributed by atoms with Crippen LogP contribution in [0.15, 0.2) is 34.0 Å². The number of thioether (sulfide) groups is 1. The molecule has 0 spiro atoms. The third-order valence-corrected chi connectivity index (χ3v) is 5.84. The number of rotatable bonds is 5. The van der Waals surface area contributed by atoms with Crippen LogP contribution in [0.2, 0.25) is 0 Å². The van der Waals surface area contributed by atoms with Crippen molar-refractivity contribution in [3.05, 3.63) is 51.5 Å². The number of benzene rings is 1. The summed E-state index contributed by atoms with van der Waals surface area (Å²) in [5.74, 6) is 0.991. The minimum Gasteiger partial charge on any atom is -0.495 e. The summed E-state index contributed by atoms with van der Waals surface area (Å²) >= 11 is 2.89. The van der Waals surface area contributed by atoms with Gasteiger partial charge in [0.15, 0.2) is 11.0 Å². The predicted molar refractivity (Wildman–Crippen MR) is 101 cm³/mol. The van der Waals surface area contributed by atoms with Crippen molar-refractivity contribution in [3.8, 4) is 5.75 Å². The summed E-state index contributed by atoms with van der Waals surface area (Å²) in [6.07, 6.45) is 0.884. The molecule has 132 valence electrons. The van der Waals surface area contributed by atoms with E-state index in [4.69, 9.17) is 10.5 Å². The SMILES string of the molecule is COc1cscc1C(=O)Cc1ccc(F)c([C@]2(C)CCSC(N)=N2)c1. The topological polar surface area (TPSA) is 64.7 Å². The number of hydrogen-bond acceptors (Lipinski definition) is 6. The molecular formula is C18H19FN2O2S2. The first-order valence-electron chi connectivity index (χ1n) is 7.83. The Morgan fingerprint density at radius 1 is 1.44 bits per heavy atom. The Morgan fingerprint density at radius 2 is 2.24 bits per heavy atom. The van der Waals surface area contributed by atoms with E-state index in [1.54, 1.807) is 30.0 Å². The number of nitrogens with zero attached hydrogens (tertiary/aromatic N) is 1. The van der Waals surface area contributed by atoms with Crippen molar-refractivity contribution in [2.24, 2.45) is 10.7 Å². The molecule has 0 saturated heterocycles. The number of Topliss-reactive ketones (excluding diaryl/α,β-unsaturated/α-hetero) is 1. The molecule has 3 rings (SSSR count). The van der Waals surface area contributed by atoms with Crippen LogP contribution in [0.4, 0.5) is 4.39 Å². The van der Waals surface area contributed by atoms with Gasteiger partial charge in [-0.1, -0.05) is 17.8 Å². The lowest BCUT2D eigenvalue weighted by atomic mass is 9.87. The second-order valence-electron chi connectivity index (χ2n) is 6.09. The summed E-state index contributed by atoms with van der Waals surface area (Å²) in [6, 6.07) is 4.78. The molecule has 0 radical (unpaired) electrons. The molecule has 0 saturated carbocycles. The van der Waals surface area contributed by atoms with E-state index in [9.17, 15) is 9.18 Å². The van der Waals surface area contributed by atoms with E-state index < -0.39 is 5.54 Å². The number of nitrogens with two attached hydrogens (primary N) is 1. The number of aliphatic imine (C=N–C) groups is 1. The van der Waals surface area contributed by atoms with E-state index in [-0.39, 0.29) is 18.0 Å².